The van der Waals surface area contributed by atoms with E-state index in [9.17, 15) is 4.79 Å². The van der Waals surface area contributed by atoms with Gasteiger partial charge in [-0.15, -0.1) is 0 Å². The fraction of sp³-hybridized carbons (Fsp3) is 0. The molecule has 6 heteroatoms. The molecule has 0 saturated heterocycles. The van der Waals surface area contributed by atoms with Crippen LogP contribution in [0.4, 0.5) is 0 Å². The summed E-state index contributed by atoms with van der Waals surface area (Å²) in [7, 11) is 0. The topological polar surface area (TPSA) is 72.3 Å². The van der Waals surface area contributed by atoms with Crippen LogP contribution in [0, 0.1) is 0 Å². The maximum atomic E-state index is 10.3. The van der Waals surface area contributed by atoms with Crippen LogP contribution in [0.3, 0.4) is 0 Å². The van der Waals surface area contributed by atoms with E-state index in [1.165, 1.54) is 18.5 Å². The average molecular weight is 277 g/mol. The molecule has 0 aliphatic rings. The summed E-state index contributed by atoms with van der Waals surface area (Å²) in [5, 5.41) is 9.04. The number of aliphatic carboxylic acids is 1. The quantitative estimate of drug-likeness (QED) is 0.869. The molecule has 0 aliphatic heterocycles. The van der Waals surface area contributed by atoms with Crippen molar-refractivity contribution in [3.8, 4) is 11.8 Å². The molecule has 0 unspecified atom stereocenters. The third-order valence-corrected chi connectivity index (χ3v) is 2.31. The third kappa shape index (κ3) is 4.08. The van der Waals surface area contributed by atoms with Gasteiger partial charge in [-0.05, 0) is 24.3 Å². The Bertz CT molecular complexity index is 612. The molecule has 19 heavy (non-hydrogen) atoms. The van der Waals surface area contributed by atoms with Crippen LogP contribution in [0.5, 0.6) is 11.8 Å². The van der Waals surface area contributed by atoms with E-state index in [4.69, 9.17) is 21.4 Å². The largest absolute Gasteiger partial charge is 0.478 e. The van der Waals surface area contributed by atoms with E-state index in [2.05, 4.69) is 9.97 Å². The lowest BCUT2D eigenvalue weighted by Crippen LogP contribution is -1.92. The molecule has 0 aliphatic carbocycles. The van der Waals surface area contributed by atoms with Crippen LogP contribution >= 0.6 is 11.6 Å². The van der Waals surface area contributed by atoms with Gasteiger partial charge in [0.1, 0.15) is 5.75 Å². The molecule has 1 aromatic carbocycles. The molecule has 0 saturated carbocycles. The molecule has 0 amide bonds. The number of hydrogen-bond donors (Lipinski definition) is 1. The summed E-state index contributed by atoms with van der Waals surface area (Å²) >= 11 is 5.82. The zero-order chi connectivity index (χ0) is 13.7. The molecule has 1 heterocycles. The SMILES string of the molecule is O=C(O)/C=C/c1cnc(Oc2cccc(Cl)c2)nc1. The fourth-order valence-electron chi connectivity index (χ4n) is 1.27. The Balaban J connectivity index is 2.08. The maximum Gasteiger partial charge on any atom is 0.328 e. The molecule has 0 fully saturated rings. The Morgan fingerprint density at radius 1 is 1.32 bits per heavy atom. The summed E-state index contributed by atoms with van der Waals surface area (Å²) < 4.78 is 5.39. The highest BCUT2D eigenvalue weighted by atomic mass is 35.5. The lowest BCUT2D eigenvalue weighted by Gasteiger charge is -2.03. The lowest BCUT2D eigenvalue weighted by atomic mass is 10.3. The molecule has 2 rings (SSSR count). The van der Waals surface area contributed by atoms with Gasteiger partial charge in [-0.3, -0.25) is 0 Å². The number of aromatic nitrogens is 2. The molecule has 96 valence electrons. The summed E-state index contributed by atoms with van der Waals surface area (Å²) in [5.74, 6) is -0.499. The number of carbonyl (C=O) groups is 1. The van der Waals surface area contributed by atoms with Crippen molar-refractivity contribution in [2.24, 2.45) is 0 Å². The first-order valence-electron chi connectivity index (χ1n) is 5.30. The minimum absolute atomic E-state index is 0.162. The van der Waals surface area contributed by atoms with Gasteiger partial charge in [0.2, 0.25) is 0 Å². The van der Waals surface area contributed by atoms with Crippen LogP contribution in [0.2, 0.25) is 5.02 Å². The van der Waals surface area contributed by atoms with Crippen molar-refractivity contribution in [1.29, 1.82) is 0 Å². The predicted octanol–water partition coefficient (Wildman–Crippen LogP) is 3.02. The molecular formula is C13H9ClN2O3. The minimum Gasteiger partial charge on any atom is -0.478 e. The first-order valence-corrected chi connectivity index (χ1v) is 5.68. The standard InChI is InChI=1S/C13H9ClN2O3/c14-10-2-1-3-11(6-10)19-13-15-7-9(8-16-13)4-5-12(17)18/h1-8H,(H,17,18)/b5-4+. The average Bonchev–Trinajstić information content (AvgIpc) is 2.38. The highest BCUT2D eigenvalue weighted by molar-refractivity contribution is 6.30. The maximum absolute atomic E-state index is 10.3. The van der Waals surface area contributed by atoms with Crippen LogP contribution in [0.1, 0.15) is 5.56 Å². The van der Waals surface area contributed by atoms with Crippen molar-refractivity contribution in [3.63, 3.8) is 0 Å². The molecule has 5 nitrogen and oxygen atoms in total. The predicted molar refractivity (Wildman–Crippen MR) is 70.2 cm³/mol. The van der Waals surface area contributed by atoms with Gasteiger partial charge >= 0.3 is 12.0 Å². The van der Waals surface area contributed by atoms with Gasteiger partial charge in [0.25, 0.3) is 0 Å². The molecule has 1 aromatic heterocycles. The second kappa shape index (κ2) is 5.97. The van der Waals surface area contributed by atoms with Crippen LogP contribution < -0.4 is 4.74 Å². The van der Waals surface area contributed by atoms with Crippen LogP contribution in [-0.2, 0) is 4.79 Å². The minimum atomic E-state index is -1.03. The van der Waals surface area contributed by atoms with Crippen LogP contribution in [-0.4, -0.2) is 21.0 Å². The normalized spacial score (nSPS) is 10.6. The van der Waals surface area contributed by atoms with E-state index in [1.807, 2.05) is 0 Å². The number of halogens is 1. The van der Waals surface area contributed by atoms with E-state index >= 15 is 0 Å². The van der Waals surface area contributed by atoms with Gasteiger partial charge in [0, 0.05) is 29.1 Å². The monoisotopic (exact) mass is 276 g/mol. The van der Waals surface area contributed by atoms with E-state index in [0.717, 1.165) is 6.08 Å². The highest BCUT2D eigenvalue weighted by Crippen LogP contribution is 2.21. The van der Waals surface area contributed by atoms with Crippen molar-refractivity contribution in [3.05, 3.63) is 53.3 Å². The van der Waals surface area contributed by atoms with E-state index in [-0.39, 0.29) is 6.01 Å². The number of carboxylic acid groups (broad SMARTS) is 1. The Morgan fingerprint density at radius 3 is 2.68 bits per heavy atom. The van der Waals surface area contributed by atoms with Crippen molar-refractivity contribution >= 4 is 23.6 Å². The van der Waals surface area contributed by atoms with Gasteiger partial charge in [-0.1, -0.05) is 17.7 Å². The number of hydrogen-bond acceptors (Lipinski definition) is 4. The molecular weight excluding hydrogens is 268 g/mol. The second-order valence-corrected chi connectivity index (χ2v) is 3.97. The number of nitrogens with zero attached hydrogens (tertiary/aromatic N) is 2. The summed E-state index contributed by atoms with van der Waals surface area (Å²) in [6, 6.07) is 7.02. The van der Waals surface area contributed by atoms with Crippen molar-refractivity contribution in [2.45, 2.75) is 0 Å². The second-order valence-electron chi connectivity index (χ2n) is 3.53. The van der Waals surface area contributed by atoms with Gasteiger partial charge in [0.15, 0.2) is 0 Å². The van der Waals surface area contributed by atoms with Gasteiger partial charge in [0.05, 0.1) is 0 Å². The number of ether oxygens (including phenoxy) is 1. The number of carboxylic acids is 1. The lowest BCUT2D eigenvalue weighted by molar-refractivity contribution is -0.131. The first-order chi connectivity index (χ1) is 9.13. The number of benzene rings is 1. The van der Waals surface area contributed by atoms with Crippen molar-refractivity contribution in [1.82, 2.24) is 9.97 Å². The first kappa shape index (κ1) is 13.0. The summed E-state index contributed by atoms with van der Waals surface area (Å²) in [6.45, 7) is 0. The Kier molecular flexibility index (Phi) is 4.10. The summed E-state index contributed by atoms with van der Waals surface area (Å²) in [4.78, 5) is 18.3. The van der Waals surface area contributed by atoms with Gasteiger partial charge < -0.3 is 9.84 Å². The van der Waals surface area contributed by atoms with Gasteiger partial charge in [-0.25, -0.2) is 14.8 Å². The van der Waals surface area contributed by atoms with Gasteiger partial charge in [-0.2, -0.15) is 0 Å². The summed E-state index contributed by atoms with van der Waals surface area (Å²) in [6.07, 6.45) is 5.33. The third-order valence-electron chi connectivity index (χ3n) is 2.07. The van der Waals surface area contributed by atoms with Crippen LogP contribution in [0.15, 0.2) is 42.7 Å². The Morgan fingerprint density at radius 2 is 2.05 bits per heavy atom. The zero-order valence-corrected chi connectivity index (χ0v) is 10.4. The fourth-order valence-corrected chi connectivity index (χ4v) is 1.45. The highest BCUT2D eigenvalue weighted by Gasteiger charge is 2.00. The molecule has 0 radical (unpaired) electrons. The Labute approximate surface area is 114 Å². The van der Waals surface area contributed by atoms with E-state index in [0.29, 0.717) is 16.3 Å². The molecule has 0 spiro atoms. The van der Waals surface area contributed by atoms with Crippen molar-refractivity contribution < 1.29 is 14.6 Å². The smallest absolute Gasteiger partial charge is 0.328 e. The summed E-state index contributed by atoms with van der Waals surface area (Å²) in [5.41, 5.74) is 0.570. The zero-order valence-electron chi connectivity index (χ0n) is 9.65. The molecule has 2 aromatic rings. The van der Waals surface area contributed by atoms with Crippen molar-refractivity contribution in [2.75, 3.05) is 0 Å². The van der Waals surface area contributed by atoms with E-state index in [1.54, 1.807) is 24.3 Å². The molecule has 1 N–H and O–H groups in total. The van der Waals surface area contributed by atoms with Crippen LogP contribution in [0.25, 0.3) is 6.08 Å². The van der Waals surface area contributed by atoms with E-state index < -0.39 is 5.97 Å². The molecule has 0 atom stereocenters. The number of rotatable bonds is 4. The Hall–Kier alpha value is -2.40. The molecule has 0 bridgehead atoms.